The largest absolute Gasteiger partial charge is 0.380 e. The van der Waals surface area contributed by atoms with Crippen LogP contribution >= 0.6 is 0 Å². The number of methoxy groups -OCH3 is 1. The van der Waals surface area contributed by atoms with Crippen molar-refractivity contribution in [3.8, 4) is 0 Å². The maximum absolute atomic E-state index is 5.05. The molecule has 0 bridgehead atoms. The molecular formula is C9H10N2O. The molecule has 12 heavy (non-hydrogen) atoms. The van der Waals surface area contributed by atoms with Crippen LogP contribution in [0.1, 0.15) is 5.56 Å². The summed E-state index contributed by atoms with van der Waals surface area (Å²) in [5.41, 5.74) is 3.18. The zero-order chi connectivity index (χ0) is 8.39. The van der Waals surface area contributed by atoms with E-state index in [2.05, 4.69) is 9.97 Å². The predicted octanol–water partition coefficient (Wildman–Crippen LogP) is 1.71. The molecule has 2 rings (SSSR count). The summed E-state index contributed by atoms with van der Waals surface area (Å²) in [5.74, 6) is 0. The number of imidazole rings is 1. The Morgan fingerprint density at radius 3 is 3.25 bits per heavy atom. The Bertz CT molecular complexity index is 381. The lowest BCUT2D eigenvalue weighted by Gasteiger charge is -1.98. The van der Waals surface area contributed by atoms with Crippen LogP contribution in [0.5, 0.6) is 0 Å². The maximum atomic E-state index is 5.05. The van der Waals surface area contributed by atoms with Crippen LogP contribution in [-0.2, 0) is 11.3 Å². The second-order valence-corrected chi connectivity index (χ2v) is 2.65. The molecule has 0 aliphatic carbocycles. The van der Waals surface area contributed by atoms with Gasteiger partial charge in [-0.15, -0.1) is 0 Å². The maximum Gasteiger partial charge on any atom is 0.0937 e. The number of benzene rings is 1. The number of fused-ring (bicyclic) bond motifs is 1. The summed E-state index contributed by atoms with van der Waals surface area (Å²) in [6, 6.07) is 6.02. The van der Waals surface area contributed by atoms with Crippen molar-refractivity contribution in [1.29, 1.82) is 0 Å². The first-order valence-corrected chi connectivity index (χ1v) is 3.81. The summed E-state index contributed by atoms with van der Waals surface area (Å²) in [5, 5.41) is 0. The highest BCUT2D eigenvalue weighted by Crippen LogP contribution is 2.14. The van der Waals surface area contributed by atoms with Gasteiger partial charge in [0.05, 0.1) is 24.0 Å². The van der Waals surface area contributed by atoms with Gasteiger partial charge in [0.2, 0.25) is 0 Å². The molecule has 2 aromatic rings. The Hall–Kier alpha value is -1.35. The molecule has 0 unspecified atom stereocenters. The minimum absolute atomic E-state index is 0.613. The van der Waals surface area contributed by atoms with Crippen molar-refractivity contribution < 1.29 is 4.74 Å². The molecule has 0 amide bonds. The summed E-state index contributed by atoms with van der Waals surface area (Å²) in [6.07, 6.45) is 1.70. The third kappa shape index (κ3) is 1.08. The van der Waals surface area contributed by atoms with Crippen LogP contribution in [0, 0.1) is 0 Å². The van der Waals surface area contributed by atoms with Crippen molar-refractivity contribution in [3.05, 3.63) is 30.1 Å². The number of H-pyrrole nitrogens is 1. The Morgan fingerprint density at radius 2 is 2.42 bits per heavy atom. The molecule has 3 nitrogen and oxygen atoms in total. The van der Waals surface area contributed by atoms with Crippen LogP contribution in [0.3, 0.4) is 0 Å². The Labute approximate surface area is 70.4 Å². The van der Waals surface area contributed by atoms with Crippen molar-refractivity contribution in [2.45, 2.75) is 6.61 Å². The molecule has 3 heteroatoms. The molecular weight excluding hydrogens is 152 g/mol. The van der Waals surface area contributed by atoms with Crippen LogP contribution in [0.15, 0.2) is 24.5 Å². The lowest BCUT2D eigenvalue weighted by molar-refractivity contribution is 0.186. The summed E-state index contributed by atoms with van der Waals surface area (Å²) in [7, 11) is 1.69. The number of ether oxygens (including phenoxy) is 1. The van der Waals surface area contributed by atoms with Crippen LogP contribution in [0.2, 0.25) is 0 Å². The molecule has 0 radical (unpaired) electrons. The van der Waals surface area contributed by atoms with E-state index < -0.39 is 0 Å². The molecule has 0 saturated carbocycles. The fraction of sp³-hybridized carbons (Fsp3) is 0.222. The van der Waals surface area contributed by atoms with E-state index in [-0.39, 0.29) is 0 Å². The highest BCUT2D eigenvalue weighted by Gasteiger charge is 2.00. The lowest BCUT2D eigenvalue weighted by atomic mass is 10.2. The highest BCUT2D eigenvalue weighted by atomic mass is 16.5. The predicted molar refractivity (Wildman–Crippen MR) is 46.8 cm³/mol. The van der Waals surface area contributed by atoms with Crippen LogP contribution < -0.4 is 0 Å². The van der Waals surface area contributed by atoms with Gasteiger partial charge in [-0.3, -0.25) is 0 Å². The lowest BCUT2D eigenvalue weighted by Crippen LogP contribution is -1.88. The minimum atomic E-state index is 0.613. The van der Waals surface area contributed by atoms with Gasteiger partial charge in [0.25, 0.3) is 0 Å². The van der Waals surface area contributed by atoms with Gasteiger partial charge in [0, 0.05) is 12.7 Å². The second kappa shape index (κ2) is 2.95. The number of hydrogen-bond donors (Lipinski definition) is 1. The number of aromatic nitrogens is 2. The molecule has 1 aromatic carbocycles. The fourth-order valence-corrected chi connectivity index (χ4v) is 1.30. The topological polar surface area (TPSA) is 37.9 Å². The van der Waals surface area contributed by atoms with E-state index in [1.165, 1.54) is 0 Å². The average molecular weight is 162 g/mol. The molecule has 0 atom stereocenters. The molecule has 0 fully saturated rings. The van der Waals surface area contributed by atoms with E-state index >= 15 is 0 Å². The van der Waals surface area contributed by atoms with Crippen LogP contribution in [-0.4, -0.2) is 17.1 Å². The second-order valence-electron chi connectivity index (χ2n) is 2.65. The van der Waals surface area contributed by atoms with Gasteiger partial charge >= 0.3 is 0 Å². The molecule has 1 aromatic heterocycles. The molecule has 1 N–H and O–H groups in total. The van der Waals surface area contributed by atoms with Gasteiger partial charge in [-0.2, -0.15) is 0 Å². The number of aromatic amines is 1. The average Bonchev–Trinajstić information content (AvgIpc) is 2.53. The van der Waals surface area contributed by atoms with E-state index in [9.17, 15) is 0 Å². The quantitative estimate of drug-likeness (QED) is 0.730. The van der Waals surface area contributed by atoms with Crippen molar-refractivity contribution in [1.82, 2.24) is 9.97 Å². The van der Waals surface area contributed by atoms with E-state index in [0.717, 1.165) is 16.6 Å². The smallest absolute Gasteiger partial charge is 0.0937 e. The van der Waals surface area contributed by atoms with Gasteiger partial charge < -0.3 is 9.72 Å². The Morgan fingerprint density at radius 1 is 1.50 bits per heavy atom. The van der Waals surface area contributed by atoms with E-state index in [4.69, 9.17) is 4.74 Å². The van der Waals surface area contributed by atoms with E-state index in [0.29, 0.717) is 6.61 Å². The van der Waals surface area contributed by atoms with Crippen LogP contribution in [0.4, 0.5) is 0 Å². The van der Waals surface area contributed by atoms with E-state index in [1.54, 1.807) is 13.4 Å². The molecule has 0 aliphatic heterocycles. The van der Waals surface area contributed by atoms with E-state index in [1.807, 2.05) is 18.2 Å². The van der Waals surface area contributed by atoms with Gasteiger partial charge in [0.1, 0.15) is 0 Å². The number of nitrogens with zero attached hydrogens (tertiary/aromatic N) is 1. The van der Waals surface area contributed by atoms with Crippen molar-refractivity contribution in [3.63, 3.8) is 0 Å². The summed E-state index contributed by atoms with van der Waals surface area (Å²) < 4.78 is 5.05. The Balaban J connectivity index is 2.57. The standard InChI is InChI=1S/C9H10N2O/c1-12-5-7-3-2-4-8-9(7)11-6-10-8/h2-4,6H,5H2,1H3,(H,10,11). The molecule has 0 saturated heterocycles. The highest BCUT2D eigenvalue weighted by molar-refractivity contribution is 5.77. The van der Waals surface area contributed by atoms with Crippen molar-refractivity contribution >= 4 is 11.0 Å². The third-order valence-corrected chi connectivity index (χ3v) is 1.83. The monoisotopic (exact) mass is 162 g/mol. The normalized spacial score (nSPS) is 10.8. The Kier molecular flexibility index (Phi) is 1.80. The van der Waals surface area contributed by atoms with Gasteiger partial charge in [-0.1, -0.05) is 12.1 Å². The number of nitrogens with one attached hydrogen (secondary N) is 1. The fourth-order valence-electron chi connectivity index (χ4n) is 1.30. The third-order valence-electron chi connectivity index (χ3n) is 1.83. The van der Waals surface area contributed by atoms with Gasteiger partial charge in [-0.05, 0) is 6.07 Å². The molecule has 0 spiro atoms. The zero-order valence-corrected chi connectivity index (χ0v) is 6.87. The first kappa shape index (κ1) is 7.31. The van der Waals surface area contributed by atoms with Crippen molar-refractivity contribution in [2.75, 3.05) is 7.11 Å². The molecule has 1 heterocycles. The number of hydrogen-bond acceptors (Lipinski definition) is 2. The summed E-state index contributed by atoms with van der Waals surface area (Å²) >= 11 is 0. The number of rotatable bonds is 2. The van der Waals surface area contributed by atoms with Gasteiger partial charge in [0.15, 0.2) is 0 Å². The summed E-state index contributed by atoms with van der Waals surface area (Å²) in [6.45, 7) is 0.613. The number of para-hydroxylation sites is 1. The zero-order valence-electron chi connectivity index (χ0n) is 6.87. The first-order valence-electron chi connectivity index (χ1n) is 3.81. The van der Waals surface area contributed by atoms with Crippen LogP contribution in [0.25, 0.3) is 11.0 Å². The summed E-state index contributed by atoms with van der Waals surface area (Å²) in [4.78, 5) is 7.25. The first-order chi connectivity index (χ1) is 5.92. The molecule has 62 valence electrons. The van der Waals surface area contributed by atoms with Gasteiger partial charge in [-0.25, -0.2) is 4.98 Å². The SMILES string of the molecule is COCc1cccc2[nH]cnc12. The molecule has 0 aliphatic rings. The van der Waals surface area contributed by atoms with Crippen molar-refractivity contribution in [2.24, 2.45) is 0 Å². The minimum Gasteiger partial charge on any atom is -0.380 e.